The number of nitrogens with zero attached hydrogens (tertiary/aromatic N) is 1. The molecule has 3 N–H and O–H groups in total. The van der Waals surface area contributed by atoms with Gasteiger partial charge in [0, 0.05) is 11.8 Å². The third kappa shape index (κ3) is 3.94. The van der Waals surface area contributed by atoms with Crippen LogP contribution in [0.2, 0.25) is 0 Å². The zero-order chi connectivity index (χ0) is 22.9. The number of ether oxygens (including phenoxy) is 2. The summed E-state index contributed by atoms with van der Waals surface area (Å²) in [5.41, 5.74) is 0.559. The molecule has 2 aliphatic heterocycles. The summed E-state index contributed by atoms with van der Waals surface area (Å²) in [6.07, 6.45) is 0. The average Bonchev–Trinajstić information content (AvgIpc) is 2.97. The monoisotopic (exact) mass is 438 g/mol. The minimum absolute atomic E-state index is 0.390. The minimum Gasteiger partial charge on any atom is -0.486 e. The number of hydrogen-bond donors (Lipinski definition) is 3. The fourth-order valence-electron chi connectivity index (χ4n) is 3.75. The Morgan fingerprint density at radius 3 is 2.56 bits per heavy atom. The van der Waals surface area contributed by atoms with Crippen LogP contribution >= 0.6 is 0 Å². The number of benzene rings is 2. The highest BCUT2D eigenvalue weighted by Gasteiger charge is 2.50. The summed E-state index contributed by atoms with van der Waals surface area (Å²) in [7, 11) is 0. The van der Waals surface area contributed by atoms with E-state index in [2.05, 4.69) is 16.0 Å². The lowest BCUT2D eigenvalue weighted by atomic mass is 9.88. The average molecular weight is 438 g/mol. The minimum atomic E-state index is -1.30. The van der Waals surface area contributed by atoms with Crippen molar-refractivity contribution in [2.24, 2.45) is 0 Å². The maximum atomic E-state index is 13.0. The second-order valence-electron chi connectivity index (χ2n) is 7.62. The van der Waals surface area contributed by atoms with Crippen molar-refractivity contribution in [3.63, 3.8) is 0 Å². The summed E-state index contributed by atoms with van der Waals surface area (Å²) >= 11 is 0. The Balaban J connectivity index is 1.38. The first-order chi connectivity index (χ1) is 15.3. The van der Waals surface area contributed by atoms with Crippen LogP contribution in [0.3, 0.4) is 0 Å². The summed E-state index contributed by atoms with van der Waals surface area (Å²) in [5.74, 6) is -0.333. The number of fused-ring (bicyclic) bond motifs is 1. The van der Waals surface area contributed by atoms with E-state index in [1.165, 1.54) is 0 Å². The van der Waals surface area contributed by atoms with E-state index in [-0.39, 0.29) is 0 Å². The first kappa shape index (κ1) is 21.2. The van der Waals surface area contributed by atoms with Crippen LogP contribution in [-0.2, 0) is 15.1 Å². The number of urea groups is 2. The van der Waals surface area contributed by atoms with Gasteiger partial charge in [-0.1, -0.05) is 24.3 Å². The molecule has 4 rings (SSSR count). The Labute approximate surface area is 183 Å². The molecule has 2 heterocycles. The Hall–Kier alpha value is -4.08. The van der Waals surface area contributed by atoms with Gasteiger partial charge in [-0.3, -0.25) is 19.8 Å². The quantitative estimate of drug-likeness (QED) is 0.626. The largest absolute Gasteiger partial charge is 0.486 e. The number of hydrogen-bond acceptors (Lipinski definition) is 6. The molecule has 1 atom stereocenters. The number of rotatable bonds is 4. The topological polar surface area (TPSA) is 126 Å². The number of imide groups is 2. The van der Waals surface area contributed by atoms with Gasteiger partial charge in [0.25, 0.3) is 5.91 Å². The van der Waals surface area contributed by atoms with Crippen LogP contribution in [0.5, 0.6) is 11.5 Å². The molecule has 166 valence electrons. The fraction of sp³-hybridized carbons (Fsp3) is 0.273. The molecule has 0 spiro atoms. The first-order valence-electron chi connectivity index (χ1n) is 9.98. The van der Waals surface area contributed by atoms with Crippen LogP contribution in [0, 0.1) is 6.92 Å². The molecular formula is C22H22N4O6. The van der Waals surface area contributed by atoms with Gasteiger partial charge in [0.05, 0.1) is 0 Å². The molecule has 10 heteroatoms. The van der Waals surface area contributed by atoms with E-state index in [4.69, 9.17) is 9.47 Å². The van der Waals surface area contributed by atoms with E-state index in [1.807, 2.05) is 19.1 Å². The lowest BCUT2D eigenvalue weighted by molar-refractivity contribution is -0.134. The summed E-state index contributed by atoms with van der Waals surface area (Å²) in [4.78, 5) is 50.7. The van der Waals surface area contributed by atoms with E-state index in [1.54, 1.807) is 37.3 Å². The predicted molar refractivity (Wildman–Crippen MR) is 113 cm³/mol. The number of carbonyl (C=O) groups excluding carboxylic acids is 4. The van der Waals surface area contributed by atoms with Crippen molar-refractivity contribution in [3.05, 3.63) is 53.6 Å². The Kier molecular flexibility index (Phi) is 5.43. The Morgan fingerprint density at radius 1 is 1.09 bits per heavy atom. The molecule has 0 aromatic heterocycles. The highest BCUT2D eigenvalue weighted by atomic mass is 16.6. The summed E-state index contributed by atoms with van der Waals surface area (Å²) in [6, 6.07) is 10.5. The van der Waals surface area contributed by atoms with E-state index in [0.29, 0.717) is 36.0 Å². The predicted octanol–water partition coefficient (Wildman–Crippen LogP) is 1.88. The van der Waals surface area contributed by atoms with E-state index >= 15 is 0 Å². The van der Waals surface area contributed by atoms with Gasteiger partial charge >= 0.3 is 12.1 Å². The van der Waals surface area contributed by atoms with Gasteiger partial charge in [0.15, 0.2) is 11.5 Å². The molecule has 6 amide bonds. The number of aryl methyl sites for hydroxylation is 1. The molecule has 1 fully saturated rings. The van der Waals surface area contributed by atoms with Crippen LogP contribution in [-0.4, -0.2) is 48.5 Å². The second kappa shape index (κ2) is 8.22. The van der Waals surface area contributed by atoms with Crippen LogP contribution in [0.1, 0.15) is 18.1 Å². The lowest BCUT2D eigenvalue weighted by Crippen LogP contribution is -2.45. The number of nitrogens with one attached hydrogen (secondary N) is 3. The maximum absolute atomic E-state index is 13.0. The van der Waals surface area contributed by atoms with Gasteiger partial charge in [0.2, 0.25) is 5.91 Å². The zero-order valence-electron chi connectivity index (χ0n) is 17.6. The smallest absolute Gasteiger partial charge is 0.325 e. The Morgan fingerprint density at radius 2 is 1.81 bits per heavy atom. The van der Waals surface area contributed by atoms with E-state index in [0.717, 1.165) is 10.5 Å². The number of amides is 6. The molecule has 0 bridgehead atoms. The summed E-state index contributed by atoms with van der Waals surface area (Å²) < 4.78 is 10.9. The SMILES string of the molecule is Cc1ccccc1C1(C)NC(=O)N(CC(=O)NC(=O)Nc2ccc3c(c2)OCCO3)C1=O. The Bertz CT molecular complexity index is 1120. The van der Waals surface area contributed by atoms with Crippen molar-refractivity contribution in [2.45, 2.75) is 19.4 Å². The maximum Gasteiger partial charge on any atom is 0.325 e. The number of anilines is 1. The fourth-order valence-corrected chi connectivity index (χ4v) is 3.75. The van der Waals surface area contributed by atoms with Crippen molar-refractivity contribution < 1.29 is 28.7 Å². The van der Waals surface area contributed by atoms with Gasteiger partial charge in [-0.2, -0.15) is 0 Å². The molecule has 0 radical (unpaired) electrons. The van der Waals surface area contributed by atoms with E-state index < -0.39 is 36.0 Å². The van der Waals surface area contributed by atoms with Crippen molar-refractivity contribution in [1.82, 2.24) is 15.5 Å². The molecule has 1 unspecified atom stereocenters. The van der Waals surface area contributed by atoms with Gasteiger partial charge in [0.1, 0.15) is 25.3 Å². The first-order valence-corrected chi connectivity index (χ1v) is 9.98. The molecular weight excluding hydrogens is 416 g/mol. The summed E-state index contributed by atoms with van der Waals surface area (Å²) in [6.45, 7) is 3.66. The van der Waals surface area contributed by atoms with Crippen molar-refractivity contribution in [2.75, 3.05) is 25.1 Å². The van der Waals surface area contributed by atoms with Gasteiger partial charge in [-0.05, 0) is 37.1 Å². The lowest BCUT2D eigenvalue weighted by Gasteiger charge is -2.24. The zero-order valence-corrected chi connectivity index (χ0v) is 17.6. The van der Waals surface area contributed by atoms with E-state index in [9.17, 15) is 19.2 Å². The van der Waals surface area contributed by atoms with Gasteiger partial charge < -0.3 is 20.1 Å². The molecule has 2 aromatic rings. The third-order valence-electron chi connectivity index (χ3n) is 5.31. The third-order valence-corrected chi connectivity index (χ3v) is 5.31. The molecule has 2 aromatic carbocycles. The molecule has 1 saturated heterocycles. The van der Waals surface area contributed by atoms with Crippen molar-refractivity contribution in [1.29, 1.82) is 0 Å². The normalized spacial score (nSPS) is 19.4. The molecule has 0 saturated carbocycles. The second-order valence-corrected chi connectivity index (χ2v) is 7.62. The number of carbonyl (C=O) groups is 4. The summed E-state index contributed by atoms with van der Waals surface area (Å²) in [5, 5.41) is 7.28. The van der Waals surface area contributed by atoms with Crippen molar-refractivity contribution in [3.8, 4) is 11.5 Å². The van der Waals surface area contributed by atoms with Gasteiger partial charge in [-0.15, -0.1) is 0 Å². The van der Waals surface area contributed by atoms with Crippen LogP contribution in [0.25, 0.3) is 0 Å². The van der Waals surface area contributed by atoms with Crippen molar-refractivity contribution >= 4 is 29.6 Å². The van der Waals surface area contributed by atoms with Gasteiger partial charge in [-0.25, -0.2) is 9.59 Å². The molecule has 2 aliphatic rings. The standard InChI is InChI=1S/C22H22N4O6/c1-13-5-3-4-6-15(13)22(2)19(28)26(21(30)25-22)12-18(27)24-20(29)23-14-7-8-16-17(11-14)32-10-9-31-16/h3-8,11H,9-10,12H2,1-2H3,(H,25,30)(H2,23,24,27,29). The molecule has 0 aliphatic carbocycles. The van der Waals surface area contributed by atoms with Crippen LogP contribution < -0.4 is 25.4 Å². The molecule has 32 heavy (non-hydrogen) atoms. The van der Waals surface area contributed by atoms with Crippen LogP contribution in [0.15, 0.2) is 42.5 Å². The highest BCUT2D eigenvalue weighted by Crippen LogP contribution is 2.33. The highest BCUT2D eigenvalue weighted by molar-refractivity contribution is 6.11. The molecule has 10 nitrogen and oxygen atoms in total. The van der Waals surface area contributed by atoms with Crippen LogP contribution in [0.4, 0.5) is 15.3 Å².